The van der Waals surface area contributed by atoms with Gasteiger partial charge in [-0.05, 0) is 44.5 Å². The highest BCUT2D eigenvalue weighted by Crippen LogP contribution is 2.17. The third-order valence-corrected chi connectivity index (χ3v) is 2.77. The Balaban J connectivity index is 2.91. The molecule has 1 rings (SSSR count). The van der Waals surface area contributed by atoms with Gasteiger partial charge in [-0.15, -0.1) is 0 Å². The van der Waals surface area contributed by atoms with Gasteiger partial charge in [0.15, 0.2) is 0 Å². The summed E-state index contributed by atoms with van der Waals surface area (Å²) in [5, 5.41) is 11.6. The molecule has 1 aromatic rings. The van der Waals surface area contributed by atoms with Crippen molar-refractivity contribution < 1.29 is 19.4 Å². The molecule has 0 aliphatic carbocycles. The number of carboxylic acid groups (broad SMARTS) is 1. The van der Waals surface area contributed by atoms with E-state index in [4.69, 9.17) is 9.84 Å². The molecule has 98 valence electrons. The summed E-state index contributed by atoms with van der Waals surface area (Å²) in [5.74, 6) is -1.27. The second-order valence-corrected chi connectivity index (χ2v) is 4.50. The zero-order chi connectivity index (χ0) is 13.9. The quantitative estimate of drug-likeness (QED) is 0.858. The van der Waals surface area contributed by atoms with Crippen LogP contribution < -0.4 is 5.32 Å². The lowest BCUT2D eigenvalue weighted by Gasteiger charge is -2.21. The zero-order valence-electron chi connectivity index (χ0n) is 10.9. The summed E-state index contributed by atoms with van der Waals surface area (Å²) in [6.45, 7) is 4.99. The largest absolute Gasteiger partial charge is 0.478 e. The van der Waals surface area contributed by atoms with E-state index in [-0.39, 0.29) is 11.5 Å². The molecule has 0 saturated carbocycles. The molecular weight excluding hydrogens is 234 g/mol. The predicted octanol–water partition coefficient (Wildman–Crippen LogP) is 2.06. The molecule has 0 aromatic heterocycles. The SMILES string of the molecule is COC(C)(C)C(=O)Nc1ccc(C(=O)O)c(C)c1. The number of nitrogens with one attached hydrogen (secondary N) is 1. The number of amides is 1. The van der Waals surface area contributed by atoms with Crippen LogP contribution in [0, 0.1) is 6.92 Å². The first kappa shape index (κ1) is 14.2. The smallest absolute Gasteiger partial charge is 0.335 e. The van der Waals surface area contributed by atoms with Crippen LogP contribution in [0.4, 0.5) is 5.69 Å². The monoisotopic (exact) mass is 251 g/mol. The van der Waals surface area contributed by atoms with E-state index in [0.29, 0.717) is 11.3 Å². The number of rotatable bonds is 4. The molecule has 0 fully saturated rings. The summed E-state index contributed by atoms with van der Waals surface area (Å²) >= 11 is 0. The van der Waals surface area contributed by atoms with Gasteiger partial charge in [-0.1, -0.05) is 0 Å². The number of methoxy groups -OCH3 is 1. The van der Waals surface area contributed by atoms with Crippen molar-refractivity contribution in [1.29, 1.82) is 0 Å². The van der Waals surface area contributed by atoms with Gasteiger partial charge < -0.3 is 15.2 Å². The van der Waals surface area contributed by atoms with E-state index in [2.05, 4.69) is 5.32 Å². The summed E-state index contributed by atoms with van der Waals surface area (Å²) in [6.07, 6.45) is 0. The van der Waals surface area contributed by atoms with Gasteiger partial charge in [0.25, 0.3) is 5.91 Å². The Morgan fingerprint density at radius 1 is 1.33 bits per heavy atom. The van der Waals surface area contributed by atoms with Gasteiger partial charge in [0.05, 0.1) is 5.56 Å². The van der Waals surface area contributed by atoms with Gasteiger partial charge in [-0.25, -0.2) is 4.79 Å². The fourth-order valence-electron chi connectivity index (χ4n) is 1.36. The average molecular weight is 251 g/mol. The number of anilines is 1. The molecule has 0 spiro atoms. The lowest BCUT2D eigenvalue weighted by Crippen LogP contribution is -2.38. The van der Waals surface area contributed by atoms with E-state index < -0.39 is 11.6 Å². The van der Waals surface area contributed by atoms with E-state index in [1.165, 1.54) is 13.2 Å². The number of aromatic carboxylic acids is 1. The molecule has 0 saturated heterocycles. The first-order valence-corrected chi connectivity index (χ1v) is 5.48. The number of ether oxygens (including phenoxy) is 1. The predicted molar refractivity (Wildman–Crippen MR) is 67.9 cm³/mol. The lowest BCUT2D eigenvalue weighted by atomic mass is 10.1. The van der Waals surface area contributed by atoms with E-state index in [1.807, 2.05) is 0 Å². The minimum Gasteiger partial charge on any atom is -0.478 e. The summed E-state index contributed by atoms with van der Waals surface area (Å²) in [7, 11) is 1.46. The standard InChI is InChI=1S/C13H17NO4/c1-8-7-9(5-6-10(8)11(15)16)14-12(17)13(2,3)18-4/h5-7H,1-4H3,(H,14,17)(H,15,16). The fourth-order valence-corrected chi connectivity index (χ4v) is 1.36. The maximum atomic E-state index is 11.8. The second kappa shape index (κ2) is 5.18. The van der Waals surface area contributed by atoms with Crippen LogP contribution in [-0.2, 0) is 9.53 Å². The molecule has 1 amide bonds. The summed E-state index contributed by atoms with van der Waals surface area (Å²) in [6, 6.07) is 4.64. The van der Waals surface area contributed by atoms with Crippen LogP contribution in [0.3, 0.4) is 0 Å². The maximum absolute atomic E-state index is 11.8. The third-order valence-electron chi connectivity index (χ3n) is 2.77. The van der Waals surface area contributed by atoms with Crippen molar-refractivity contribution in [2.45, 2.75) is 26.4 Å². The van der Waals surface area contributed by atoms with Crippen LogP contribution in [-0.4, -0.2) is 29.7 Å². The Morgan fingerprint density at radius 2 is 1.94 bits per heavy atom. The molecule has 0 aliphatic heterocycles. The van der Waals surface area contributed by atoms with Gasteiger partial charge >= 0.3 is 5.97 Å². The highest BCUT2D eigenvalue weighted by molar-refractivity contribution is 5.97. The Hall–Kier alpha value is -1.88. The molecule has 0 radical (unpaired) electrons. The van der Waals surface area contributed by atoms with Gasteiger partial charge in [0, 0.05) is 12.8 Å². The molecule has 0 bridgehead atoms. The fraction of sp³-hybridized carbons (Fsp3) is 0.385. The van der Waals surface area contributed by atoms with Crippen LogP contribution >= 0.6 is 0 Å². The van der Waals surface area contributed by atoms with Crippen LogP contribution in [0.2, 0.25) is 0 Å². The van der Waals surface area contributed by atoms with Crippen molar-refractivity contribution >= 4 is 17.6 Å². The molecule has 0 heterocycles. The van der Waals surface area contributed by atoms with E-state index in [1.54, 1.807) is 32.9 Å². The Bertz CT molecular complexity index is 480. The highest BCUT2D eigenvalue weighted by Gasteiger charge is 2.27. The Kier molecular flexibility index (Phi) is 4.08. The number of carboxylic acids is 1. The number of benzene rings is 1. The summed E-state index contributed by atoms with van der Waals surface area (Å²) < 4.78 is 5.06. The van der Waals surface area contributed by atoms with Crippen molar-refractivity contribution in [3.8, 4) is 0 Å². The summed E-state index contributed by atoms with van der Waals surface area (Å²) in [4.78, 5) is 22.7. The first-order valence-electron chi connectivity index (χ1n) is 5.48. The minimum absolute atomic E-state index is 0.221. The molecular formula is C13H17NO4. The van der Waals surface area contributed by atoms with Crippen molar-refractivity contribution in [2.24, 2.45) is 0 Å². The van der Waals surface area contributed by atoms with Crippen LogP contribution in [0.25, 0.3) is 0 Å². The number of carbonyl (C=O) groups excluding carboxylic acids is 1. The first-order chi connectivity index (χ1) is 8.27. The molecule has 2 N–H and O–H groups in total. The van der Waals surface area contributed by atoms with Crippen molar-refractivity contribution in [2.75, 3.05) is 12.4 Å². The number of hydrogen-bond acceptors (Lipinski definition) is 3. The number of aryl methyl sites for hydroxylation is 1. The van der Waals surface area contributed by atoms with Crippen molar-refractivity contribution in [3.63, 3.8) is 0 Å². The van der Waals surface area contributed by atoms with Gasteiger partial charge in [0.1, 0.15) is 5.60 Å². The van der Waals surface area contributed by atoms with Crippen molar-refractivity contribution in [3.05, 3.63) is 29.3 Å². The van der Waals surface area contributed by atoms with Gasteiger partial charge in [-0.3, -0.25) is 4.79 Å². The van der Waals surface area contributed by atoms with Crippen LogP contribution in [0.15, 0.2) is 18.2 Å². The molecule has 1 aromatic carbocycles. The molecule has 5 nitrogen and oxygen atoms in total. The van der Waals surface area contributed by atoms with Crippen molar-refractivity contribution in [1.82, 2.24) is 0 Å². The Morgan fingerprint density at radius 3 is 2.39 bits per heavy atom. The van der Waals surface area contributed by atoms with E-state index in [9.17, 15) is 9.59 Å². The van der Waals surface area contributed by atoms with Gasteiger partial charge in [0.2, 0.25) is 0 Å². The molecule has 0 unspecified atom stereocenters. The third kappa shape index (κ3) is 3.07. The lowest BCUT2D eigenvalue weighted by molar-refractivity contribution is -0.133. The van der Waals surface area contributed by atoms with Gasteiger partial charge in [-0.2, -0.15) is 0 Å². The van der Waals surface area contributed by atoms with Crippen LogP contribution in [0.5, 0.6) is 0 Å². The number of carbonyl (C=O) groups is 2. The maximum Gasteiger partial charge on any atom is 0.335 e. The molecule has 5 heteroatoms. The molecule has 0 aliphatic rings. The molecule has 0 atom stereocenters. The topological polar surface area (TPSA) is 75.6 Å². The van der Waals surface area contributed by atoms with E-state index >= 15 is 0 Å². The number of hydrogen-bond donors (Lipinski definition) is 2. The summed E-state index contributed by atoms with van der Waals surface area (Å²) in [5.41, 5.74) is 0.432. The second-order valence-electron chi connectivity index (χ2n) is 4.50. The zero-order valence-corrected chi connectivity index (χ0v) is 10.9. The highest BCUT2D eigenvalue weighted by atomic mass is 16.5. The van der Waals surface area contributed by atoms with Crippen LogP contribution in [0.1, 0.15) is 29.8 Å². The Labute approximate surface area is 106 Å². The van der Waals surface area contributed by atoms with E-state index in [0.717, 1.165) is 0 Å². The minimum atomic E-state index is -0.984. The average Bonchev–Trinajstić information content (AvgIpc) is 2.28. The normalized spacial score (nSPS) is 11.1. The molecule has 18 heavy (non-hydrogen) atoms.